The van der Waals surface area contributed by atoms with Gasteiger partial charge in [-0.25, -0.2) is 13.1 Å². The van der Waals surface area contributed by atoms with E-state index in [4.69, 9.17) is 14.2 Å². The van der Waals surface area contributed by atoms with Crippen LogP contribution in [0.2, 0.25) is 0 Å². The molecule has 7 heteroatoms. The van der Waals surface area contributed by atoms with Crippen molar-refractivity contribution in [3.05, 3.63) is 48.0 Å². The minimum Gasteiger partial charge on any atom is -0.495 e. The molecule has 1 unspecified atom stereocenters. The summed E-state index contributed by atoms with van der Waals surface area (Å²) in [6.07, 6.45) is 0. The summed E-state index contributed by atoms with van der Waals surface area (Å²) in [5.74, 6) is 1.56. The van der Waals surface area contributed by atoms with Crippen molar-refractivity contribution in [1.29, 1.82) is 0 Å². The van der Waals surface area contributed by atoms with Gasteiger partial charge in [0.25, 0.3) is 0 Å². The number of hydrogen-bond acceptors (Lipinski definition) is 5. The Balaban J connectivity index is 2.42. The molecular formula is C21H29NO5S. The smallest absolute Gasteiger partial charge is 0.244 e. The molecule has 0 aliphatic heterocycles. The van der Waals surface area contributed by atoms with Gasteiger partial charge in [0.1, 0.15) is 10.6 Å². The average molecular weight is 408 g/mol. The molecule has 0 heterocycles. The molecule has 0 aromatic heterocycles. The Morgan fingerprint density at radius 3 is 2.18 bits per heavy atom. The Kier molecular flexibility index (Phi) is 7.71. The molecule has 0 aliphatic carbocycles. The van der Waals surface area contributed by atoms with Crippen LogP contribution in [-0.2, 0) is 10.0 Å². The highest BCUT2D eigenvalue weighted by atomic mass is 32.2. The quantitative estimate of drug-likeness (QED) is 0.640. The molecular weight excluding hydrogens is 378 g/mol. The maximum Gasteiger partial charge on any atom is 0.244 e. The zero-order chi connectivity index (χ0) is 20.7. The summed E-state index contributed by atoms with van der Waals surface area (Å²) >= 11 is 0. The van der Waals surface area contributed by atoms with Crippen LogP contribution in [0.1, 0.15) is 39.3 Å². The van der Waals surface area contributed by atoms with Crippen molar-refractivity contribution in [3.8, 4) is 17.2 Å². The van der Waals surface area contributed by atoms with Gasteiger partial charge in [-0.3, -0.25) is 0 Å². The fourth-order valence-corrected chi connectivity index (χ4v) is 4.47. The maximum absolute atomic E-state index is 13.0. The van der Waals surface area contributed by atoms with E-state index in [9.17, 15) is 8.42 Å². The van der Waals surface area contributed by atoms with Gasteiger partial charge in [-0.15, -0.1) is 0 Å². The van der Waals surface area contributed by atoms with Gasteiger partial charge in [-0.1, -0.05) is 32.0 Å². The Bertz CT molecular complexity index is 880. The number of benzene rings is 2. The number of ether oxygens (including phenoxy) is 3. The fraction of sp³-hybridized carbons (Fsp3) is 0.429. The monoisotopic (exact) mass is 407 g/mol. The van der Waals surface area contributed by atoms with E-state index >= 15 is 0 Å². The molecule has 0 fully saturated rings. The molecule has 0 saturated heterocycles. The lowest BCUT2D eigenvalue weighted by Gasteiger charge is -2.24. The van der Waals surface area contributed by atoms with Crippen molar-refractivity contribution >= 4 is 10.0 Å². The molecule has 0 bridgehead atoms. The second-order valence-electron chi connectivity index (χ2n) is 6.57. The van der Waals surface area contributed by atoms with Crippen LogP contribution in [0.4, 0.5) is 0 Å². The predicted molar refractivity (Wildman–Crippen MR) is 110 cm³/mol. The lowest BCUT2D eigenvalue weighted by atomic mass is 9.97. The summed E-state index contributed by atoms with van der Waals surface area (Å²) in [5.41, 5.74) is 0.806. The normalized spacial score (nSPS) is 12.6. The first-order valence-corrected chi connectivity index (χ1v) is 10.9. The van der Waals surface area contributed by atoms with E-state index in [1.807, 2.05) is 45.9 Å². The number of hydrogen-bond donors (Lipinski definition) is 1. The maximum atomic E-state index is 13.0. The second kappa shape index (κ2) is 9.80. The second-order valence-corrected chi connectivity index (χ2v) is 8.25. The van der Waals surface area contributed by atoms with Gasteiger partial charge in [0.15, 0.2) is 11.5 Å². The predicted octanol–water partition coefficient (Wildman–Crippen LogP) is 4.17. The van der Waals surface area contributed by atoms with E-state index in [2.05, 4.69) is 4.72 Å². The standard InChI is InChI=1S/C21H29NO5S/c1-6-26-17-13-12-16(14-19(17)27-7-2)21(15(3)4)22-28(23,24)20-11-9-8-10-18(20)25-5/h8-15,21-22H,6-7H2,1-5H3. The third-order valence-corrected chi connectivity index (χ3v) is 5.71. The molecule has 0 saturated carbocycles. The van der Waals surface area contributed by atoms with Crippen LogP contribution < -0.4 is 18.9 Å². The van der Waals surface area contributed by atoms with Gasteiger partial charge in [0, 0.05) is 6.04 Å². The summed E-state index contributed by atoms with van der Waals surface area (Å²) in [6, 6.07) is 11.6. The van der Waals surface area contributed by atoms with Gasteiger partial charge in [-0.2, -0.15) is 0 Å². The lowest BCUT2D eigenvalue weighted by Crippen LogP contribution is -2.32. The van der Waals surface area contributed by atoms with E-state index in [0.29, 0.717) is 30.5 Å². The highest BCUT2D eigenvalue weighted by Crippen LogP contribution is 2.34. The largest absolute Gasteiger partial charge is 0.495 e. The molecule has 1 atom stereocenters. The van der Waals surface area contributed by atoms with Crippen molar-refractivity contribution in [1.82, 2.24) is 4.72 Å². The molecule has 6 nitrogen and oxygen atoms in total. The molecule has 0 amide bonds. The van der Waals surface area contributed by atoms with Crippen molar-refractivity contribution in [2.24, 2.45) is 5.92 Å². The molecule has 154 valence electrons. The van der Waals surface area contributed by atoms with E-state index in [1.54, 1.807) is 18.2 Å². The minimum absolute atomic E-state index is 0.0110. The first-order chi connectivity index (χ1) is 13.3. The Morgan fingerprint density at radius 1 is 0.929 bits per heavy atom. The Labute approximate surface area is 167 Å². The minimum atomic E-state index is -3.79. The number of rotatable bonds is 10. The van der Waals surface area contributed by atoms with Gasteiger partial charge in [0.2, 0.25) is 10.0 Å². The molecule has 28 heavy (non-hydrogen) atoms. The lowest BCUT2D eigenvalue weighted by molar-refractivity contribution is 0.287. The summed E-state index contributed by atoms with van der Waals surface area (Å²) in [4.78, 5) is 0.110. The van der Waals surface area contributed by atoms with E-state index in [1.165, 1.54) is 13.2 Å². The first kappa shape index (κ1) is 22.0. The average Bonchev–Trinajstić information content (AvgIpc) is 2.67. The van der Waals surface area contributed by atoms with Crippen LogP contribution in [-0.4, -0.2) is 28.7 Å². The van der Waals surface area contributed by atoms with Crippen LogP contribution >= 0.6 is 0 Å². The molecule has 1 N–H and O–H groups in total. The van der Waals surface area contributed by atoms with Crippen LogP contribution in [0.3, 0.4) is 0 Å². The number of methoxy groups -OCH3 is 1. The Hall–Kier alpha value is -2.25. The van der Waals surface area contributed by atoms with Crippen molar-refractivity contribution in [2.75, 3.05) is 20.3 Å². The zero-order valence-electron chi connectivity index (χ0n) is 17.1. The highest BCUT2D eigenvalue weighted by Gasteiger charge is 2.27. The summed E-state index contributed by atoms with van der Waals surface area (Å²) in [6.45, 7) is 8.74. The summed E-state index contributed by atoms with van der Waals surface area (Å²) in [5, 5.41) is 0. The third kappa shape index (κ3) is 5.17. The molecule has 0 radical (unpaired) electrons. The highest BCUT2D eigenvalue weighted by molar-refractivity contribution is 7.89. The summed E-state index contributed by atoms with van der Waals surface area (Å²) < 4.78 is 45.4. The van der Waals surface area contributed by atoms with Gasteiger partial charge in [-0.05, 0) is 49.6 Å². The zero-order valence-corrected chi connectivity index (χ0v) is 17.9. The van der Waals surface area contributed by atoms with Crippen LogP contribution in [0.25, 0.3) is 0 Å². The number of para-hydroxylation sites is 1. The summed E-state index contributed by atoms with van der Waals surface area (Å²) in [7, 11) is -2.33. The van der Waals surface area contributed by atoms with E-state index < -0.39 is 16.1 Å². The van der Waals surface area contributed by atoms with Gasteiger partial charge >= 0.3 is 0 Å². The van der Waals surface area contributed by atoms with Crippen LogP contribution in [0.5, 0.6) is 17.2 Å². The Morgan fingerprint density at radius 2 is 1.57 bits per heavy atom. The van der Waals surface area contributed by atoms with E-state index in [-0.39, 0.29) is 10.8 Å². The topological polar surface area (TPSA) is 73.9 Å². The molecule has 2 rings (SSSR count). The van der Waals surface area contributed by atoms with Crippen molar-refractivity contribution in [2.45, 2.75) is 38.6 Å². The van der Waals surface area contributed by atoms with Crippen LogP contribution in [0.15, 0.2) is 47.4 Å². The molecule has 0 spiro atoms. The fourth-order valence-electron chi connectivity index (χ4n) is 2.92. The van der Waals surface area contributed by atoms with Crippen LogP contribution in [0, 0.1) is 5.92 Å². The van der Waals surface area contributed by atoms with E-state index in [0.717, 1.165) is 5.56 Å². The number of sulfonamides is 1. The van der Waals surface area contributed by atoms with Gasteiger partial charge in [0.05, 0.1) is 20.3 Å². The SMILES string of the molecule is CCOc1ccc(C(NS(=O)(=O)c2ccccc2OC)C(C)C)cc1OCC. The molecule has 2 aromatic carbocycles. The molecule has 0 aliphatic rings. The van der Waals surface area contributed by atoms with Crippen molar-refractivity contribution < 1.29 is 22.6 Å². The van der Waals surface area contributed by atoms with Gasteiger partial charge < -0.3 is 14.2 Å². The first-order valence-electron chi connectivity index (χ1n) is 9.38. The molecule has 2 aromatic rings. The van der Waals surface area contributed by atoms with Crippen molar-refractivity contribution in [3.63, 3.8) is 0 Å². The third-order valence-electron chi connectivity index (χ3n) is 4.23. The number of nitrogens with one attached hydrogen (secondary N) is 1.